The first-order valence-corrected chi connectivity index (χ1v) is 10.8. The normalized spacial score (nSPS) is 12.9. The molecule has 0 aliphatic heterocycles. The molecular weight excluding hydrogens is 348 g/mol. The van der Waals surface area contributed by atoms with Gasteiger partial charge in [0.2, 0.25) is 0 Å². The number of hydrogen-bond acceptors (Lipinski definition) is 6. The topological polar surface area (TPSA) is 92.7 Å². The maximum atomic E-state index is 11.8. The molecular formula is C16H18N2O4S2. The lowest BCUT2D eigenvalue weighted by molar-refractivity contribution is 0.600. The van der Waals surface area contributed by atoms with E-state index in [0.29, 0.717) is 17.0 Å². The van der Waals surface area contributed by atoms with Crippen molar-refractivity contribution in [1.82, 2.24) is 0 Å². The van der Waals surface area contributed by atoms with Gasteiger partial charge in [0.25, 0.3) is 0 Å². The van der Waals surface area contributed by atoms with Gasteiger partial charge in [-0.1, -0.05) is 18.2 Å². The Morgan fingerprint density at radius 2 is 1.46 bits per heavy atom. The van der Waals surface area contributed by atoms with E-state index < -0.39 is 19.7 Å². The molecule has 6 nitrogen and oxygen atoms in total. The molecule has 8 heteroatoms. The molecule has 1 N–H and O–H groups in total. The Morgan fingerprint density at radius 3 is 2.00 bits per heavy atom. The number of benzene rings is 2. The fraction of sp³-hybridized carbons (Fsp3) is 0.188. The van der Waals surface area contributed by atoms with Gasteiger partial charge in [0.1, 0.15) is 0 Å². The third-order valence-corrected chi connectivity index (χ3v) is 5.59. The van der Waals surface area contributed by atoms with Crippen molar-refractivity contribution < 1.29 is 16.8 Å². The van der Waals surface area contributed by atoms with Crippen LogP contribution in [0.4, 0.5) is 5.69 Å². The number of hydrazone groups is 1. The Hall–Kier alpha value is -2.19. The molecule has 0 radical (unpaired) electrons. The first-order valence-electron chi connectivity index (χ1n) is 6.99. The van der Waals surface area contributed by atoms with Crippen LogP contribution in [0.2, 0.25) is 0 Å². The molecule has 2 aromatic rings. The van der Waals surface area contributed by atoms with E-state index in [2.05, 4.69) is 10.5 Å². The Morgan fingerprint density at radius 1 is 0.875 bits per heavy atom. The van der Waals surface area contributed by atoms with Crippen molar-refractivity contribution in [2.75, 3.05) is 17.9 Å². The lowest BCUT2D eigenvalue weighted by Gasteiger charge is -2.08. The summed E-state index contributed by atoms with van der Waals surface area (Å²) in [6, 6.07) is 12.8. The lowest BCUT2D eigenvalue weighted by Crippen LogP contribution is -2.08. The summed E-state index contributed by atoms with van der Waals surface area (Å²) in [6.07, 6.45) is 2.29. The van der Waals surface area contributed by atoms with Crippen molar-refractivity contribution in [3.05, 3.63) is 54.1 Å². The molecule has 0 aromatic heterocycles. The summed E-state index contributed by atoms with van der Waals surface area (Å²) in [6.45, 7) is 1.70. The van der Waals surface area contributed by atoms with Gasteiger partial charge in [0, 0.05) is 18.1 Å². The molecule has 0 amide bonds. The molecule has 0 heterocycles. The minimum Gasteiger partial charge on any atom is -0.278 e. The minimum absolute atomic E-state index is 0.209. The highest BCUT2D eigenvalue weighted by Gasteiger charge is 2.14. The molecule has 0 aliphatic carbocycles. The quantitative estimate of drug-likeness (QED) is 0.647. The predicted molar refractivity (Wildman–Crippen MR) is 94.9 cm³/mol. The second-order valence-electron chi connectivity index (χ2n) is 5.37. The van der Waals surface area contributed by atoms with Gasteiger partial charge < -0.3 is 0 Å². The largest absolute Gasteiger partial charge is 0.278 e. The van der Waals surface area contributed by atoms with Crippen molar-refractivity contribution in [2.24, 2.45) is 5.10 Å². The number of nitrogens with zero attached hydrogens (tertiary/aromatic N) is 1. The van der Waals surface area contributed by atoms with E-state index in [0.717, 1.165) is 12.5 Å². The predicted octanol–water partition coefficient (Wildman–Crippen LogP) is 2.33. The fourth-order valence-corrected chi connectivity index (χ4v) is 3.65. The van der Waals surface area contributed by atoms with Gasteiger partial charge in [-0.3, -0.25) is 5.43 Å². The second kappa shape index (κ2) is 6.74. The first kappa shape index (κ1) is 18.2. The van der Waals surface area contributed by atoms with E-state index in [-0.39, 0.29) is 9.79 Å². The van der Waals surface area contributed by atoms with Gasteiger partial charge in [-0.2, -0.15) is 5.10 Å². The van der Waals surface area contributed by atoms with Gasteiger partial charge in [-0.25, -0.2) is 16.8 Å². The van der Waals surface area contributed by atoms with Crippen LogP contribution in [0, 0.1) is 0 Å². The molecule has 128 valence electrons. The molecule has 24 heavy (non-hydrogen) atoms. The lowest BCUT2D eigenvalue weighted by atomic mass is 10.1. The third-order valence-electron chi connectivity index (χ3n) is 3.31. The fourth-order valence-electron chi connectivity index (χ4n) is 2.07. The van der Waals surface area contributed by atoms with Crippen LogP contribution in [0.25, 0.3) is 0 Å². The van der Waals surface area contributed by atoms with Crippen LogP contribution in [0.1, 0.15) is 12.5 Å². The maximum Gasteiger partial charge on any atom is 0.176 e. The number of anilines is 1. The summed E-state index contributed by atoms with van der Waals surface area (Å²) in [5.41, 5.74) is 4.41. The van der Waals surface area contributed by atoms with E-state index in [1.165, 1.54) is 18.2 Å². The molecule has 0 bridgehead atoms. The van der Waals surface area contributed by atoms with Crippen LogP contribution in [0.15, 0.2) is 63.4 Å². The van der Waals surface area contributed by atoms with Crippen molar-refractivity contribution in [2.45, 2.75) is 16.7 Å². The molecule has 0 saturated carbocycles. The zero-order chi connectivity index (χ0) is 18.0. The van der Waals surface area contributed by atoms with Gasteiger partial charge in [0.05, 0.1) is 21.2 Å². The monoisotopic (exact) mass is 366 g/mol. The highest BCUT2D eigenvalue weighted by Crippen LogP contribution is 2.17. The summed E-state index contributed by atoms with van der Waals surface area (Å²) >= 11 is 0. The molecule has 0 aliphatic rings. The average molecular weight is 366 g/mol. The Bertz CT molecular complexity index is 977. The van der Waals surface area contributed by atoms with E-state index in [1.54, 1.807) is 37.3 Å². The molecule has 0 spiro atoms. The van der Waals surface area contributed by atoms with Crippen LogP contribution in [-0.4, -0.2) is 35.1 Å². The van der Waals surface area contributed by atoms with Crippen LogP contribution in [0.5, 0.6) is 0 Å². The number of hydrogen-bond donors (Lipinski definition) is 1. The van der Waals surface area contributed by atoms with Gasteiger partial charge in [-0.15, -0.1) is 0 Å². The maximum absolute atomic E-state index is 11.8. The van der Waals surface area contributed by atoms with Gasteiger partial charge in [0.15, 0.2) is 19.7 Å². The first-order chi connectivity index (χ1) is 11.1. The highest BCUT2D eigenvalue weighted by atomic mass is 32.2. The SMILES string of the molecule is C/C(=N\Nc1ccc(S(C)(=O)=O)cc1)c1ccccc1S(C)(=O)=O. The molecule has 0 unspecified atom stereocenters. The Labute approximate surface area is 142 Å². The number of nitrogens with one attached hydrogen (secondary N) is 1. The van der Waals surface area contributed by atoms with E-state index >= 15 is 0 Å². The van der Waals surface area contributed by atoms with E-state index in [4.69, 9.17) is 0 Å². The van der Waals surface area contributed by atoms with Crippen molar-refractivity contribution >= 4 is 31.1 Å². The molecule has 2 aromatic carbocycles. The van der Waals surface area contributed by atoms with Gasteiger partial charge >= 0.3 is 0 Å². The molecule has 2 rings (SSSR count). The summed E-state index contributed by atoms with van der Waals surface area (Å²) in [5, 5.41) is 4.18. The zero-order valence-corrected chi connectivity index (χ0v) is 15.1. The van der Waals surface area contributed by atoms with Crippen LogP contribution >= 0.6 is 0 Å². The molecule has 0 saturated heterocycles. The minimum atomic E-state index is -3.36. The molecule has 0 fully saturated rings. The summed E-state index contributed by atoms with van der Waals surface area (Å²) in [5.74, 6) is 0. The van der Waals surface area contributed by atoms with E-state index in [1.807, 2.05) is 0 Å². The number of sulfone groups is 2. The highest BCUT2D eigenvalue weighted by molar-refractivity contribution is 7.91. The summed E-state index contributed by atoms with van der Waals surface area (Å²) in [7, 11) is -6.60. The van der Waals surface area contributed by atoms with Crippen LogP contribution < -0.4 is 5.43 Å². The second-order valence-corrected chi connectivity index (χ2v) is 9.37. The zero-order valence-electron chi connectivity index (χ0n) is 13.5. The van der Waals surface area contributed by atoms with Crippen molar-refractivity contribution in [1.29, 1.82) is 0 Å². The Balaban J connectivity index is 2.28. The van der Waals surface area contributed by atoms with Crippen LogP contribution in [0.3, 0.4) is 0 Å². The average Bonchev–Trinajstić information content (AvgIpc) is 2.51. The smallest absolute Gasteiger partial charge is 0.176 e. The number of rotatable bonds is 5. The Kier molecular flexibility index (Phi) is 5.10. The van der Waals surface area contributed by atoms with Crippen molar-refractivity contribution in [3.63, 3.8) is 0 Å². The van der Waals surface area contributed by atoms with E-state index in [9.17, 15) is 16.8 Å². The summed E-state index contributed by atoms with van der Waals surface area (Å²) < 4.78 is 46.5. The third kappa shape index (κ3) is 4.42. The van der Waals surface area contributed by atoms with Crippen molar-refractivity contribution in [3.8, 4) is 0 Å². The summed E-state index contributed by atoms with van der Waals surface area (Å²) in [4.78, 5) is 0.427. The standard InChI is InChI=1S/C16H18N2O4S2/c1-12(15-6-4-5-7-16(15)24(3,21)22)17-18-13-8-10-14(11-9-13)23(2,19)20/h4-11,18H,1-3H3/b17-12+. The van der Waals surface area contributed by atoms with Gasteiger partial charge in [-0.05, 0) is 37.3 Å². The molecule has 0 atom stereocenters. The van der Waals surface area contributed by atoms with Crippen LogP contribution in [-0.2, 0) is 19.7 Å².